The van der Waals surface area contributed by atoms with Crippen molar-refractivity contribution in [3.05, 3.63) is 30.3 Å². The van der Waals surface area contributed by atoms with Gasteiger partial charge in [0.25, 0.3) is 0 Å². The van der Waals surface area contributed by atoms with Crippen molar-refractivity contribution in [3.63, 3.8) is 0 Å². The molecule has 4 heteroatoms. The molecule has 0 aromatic heterocycles. The van der Waals surface area contributed by atoms with Gasteiger partial charge in [0.05, 0.1) is 11.8 Å². The molecule has 0 saturated heterocycles. The SMILES string of the molecule is CC(C)ON(C(=N)N)c1ccccc1. The number of nitrogens with two attached hydrogens (primary N) is 1. The molecule has 0 aliphatic rings. The molecule has 0 saturated carbocycles. The second-order valence-corrected chi connectivity index (χ2v) is 3.17. The topological polar surface area (TPSA) is 62.3 Å². The maximum Gasteiger partial charge on any atom is 0.217 e. The zero-order valence-corrected chi connectivity index (χ0v) is 8.40. The fourth-order valence-corrected chi connectivity index (χ4v) is 1.03. The standard InChI is InChI=1S/C10H15N3O/c1-8(2)14-13(10(11)12)9-6-4-3-5-7-9/h3-8H,1-2H3,(H3,11,12). The van der Waals surface area contributed by atoms with E-state index in [1.807, 2.05) is 44.2 Å². The van der Waals surface area contributed by atoms with Crippen molar-refractivity contribution < 1.29 is 4.84 Å². The van der Waals surface area contributed by atoms with E-state index in [4.69, 9.17) is 16.0 Å². The number of nitrogens with zero attached hydrogens (tertiary/aromatic N) is 1. The molecular weight excluding hydrogens is 178 g/mol. The van der Waals surface area contributed by atoms with E-state index >= 15 is 0 Å². The van der Waals surface area contributed by atoms with Gasteiger partial charge in [-0.25, -0.2) is 0 Å². The van der Waals surface area contributed by atoms with E-state index in [1.165, 1.54) is 5.06 Å². The van der Waals surface area contributed by atoms with E-state index in [9.17, 15) is 0 Å². The smallest absolute Gasteiger partial charge is 0.217 e. The van der Waals surface area contributed by atoms with Crippen molar-refractivity contribution in [2.45, 2.75) is 20.0 Å². The zero-order chi connectivity index (χ0) is 10.6. The highest BCUT2D eigenvalue weighted by Crippen LogP contribution is 2.13. The molecule has 1 aromatic rings. The Kier molecular flexibility index (Phi) is 3.48. The number of anilines is 1. The summed E-state index contributed by atoms with van der Waals surface area (Å²) in [5.41, 5.74) is 6.16. The molecule has 0 spiro atoms. The minimum atomic E-state index is -0.120. The number of para-hydroxylation sites is 1. The highest BCUT2D eigenvalue weighted by atomic mass is 16.7. The summed E-state index contributed by atoms with van der Waals surface area (Å²) >= 11 is 0. The van der Waals surface area contributed by atoms with Crippen LogP contribution in [0.15, 0.2) is 30.3 Å². The molecular formula is C10H15N3O. The number of nitrogens with one attached hydrogen (secondary N) is 1. The molecule has 0 bridgehead atoms. The number of rotatable bonds is 3. The molecule has 0 aliphatic heterocycles. The highest BCUT2D eigenvalue weighted by molar-refractivity contribution is 5.90. The summed E-state index contributed by atoms with van der Waals surface area (Å²) in [7, 11) is 0. The lowest BCUT2D eigenvalue weighted by atomic mass is 10.3. The van der Waals surface area contributed by atoms with E-state index < -0.39 is 0 Å². The first-order valence-electron chi connectivity index (χ1n) is 4.47. The molecule has 3 N–H and O–H groups in total. The van der Waals surface area contributed by atoms with Gasteiger partial charge < -0.3 is 5.73 Å². The molecule has 0 radical (unpaired) electrons. The summed E-state index contributed by atoms with van der Waals surface area (Å²) < 4.78 is 0. The lowest BCUT2D eigenvalue weighted by Gasteiger charge is -2.23. The van der Waals surface area contributed by atoms with Crippen molar-refractivity contribution >= 4 is 11.6 Å². The van der Waals surface area contributed by atoms with E-state index in [-0.39, 0.29) is 12.1 Å². The second-order valence-electron chi connectivity index (χ2n) is 3.17. The Balaban J connectivity index is 2.84. The number of guanidine groups is 1. The Morgan fingerprint density at radius 1 is 1.36 bits per heavy atom. The van der Waals surface area contributed by atoms with Crippen LogP contribution in [0.4, 0.5) is 5.69 Å². The van der Waals surface area contributed by atoms with Crippen molar-refractivity contribution in [1.82, 2.24) is 0 Å². The Morgan fingerprint density at radius 2 is 1.93 bits per heavy atom. The van der Waals surface area contributed by atoms with Gasteiger partial charge in [-0.05, 0) is 26.0 Å². The molecule has 0 unspecified atom stereocenters. The van der Waals surface area contributed by atoms with Crippen molar-refractivity contribution in [2.24, 2.45) is 5.73 Å². The van der Waals surface area contributed by atoms with Crippen LogP contribution in [0.1, 0.15) is 13.8 Å². The third kappa shape index (κ3) is 2.74. The van der Waals surface area contributed by atoms with Gasteiger partial charge in [-0.1, -0.05) is 18.2 Å². The summed E-state index contributed by atoms with van der Waals surface area (Å²) in [6.45, 7) is 3.78. The number of hydrogen-bond acceptors (Lipinski definition) is 2. The van der Waals surface area contributed by atoms with Crippen molar-refractivity contribution in [3.8, 4) is 0 Å². The average Bonchev–Trinajstić information content (AvgIpc) is 2.15. The van der Waals surface area contributed by atoms with Gasteiger partial charge in [0.1, 0.15) is 0 Å². The van der Waals surface area contributed by atoms with Crippen LogP contribution in [0.25, 0.3) is 0 Å². The Hall–Kier alpha value is -1.55. The van der Waals surface area contributed by atoms with Gasteiger partial charge in [-0.3, -0.25) is 10.2 Å². The molecule has 0 heterocycles. The molecule has 0 atom stereocenters. The van der Waals surface area contributed by atoms with Crippen molar-refractivity contribution in [1.29, 1.82) is 5.41 Å². The minimum Gasteiger partial charge on any atom is -0.368 e. The van der Waals surface area contributed by atoms with E-state index in [0.717, 1.165) is 5.69 Å². The van der Waals surface area contributed by atoms with Crippen LogP contribution in [0.2, 0.25) is 0 Å². The number of hydroxylamine groups is 1. The predicted octanol–water partition coefficient (Wildman–Crippen LogP) is 1.73. The van der Waals surface area contributed by atoms with Crippen LogP contribution in [0, 0.1) is 5.41 Å². The van der Waals surface area contributed by atoms with Gasteiger partial charge in [-0.2, -0.15) is 5.06 Å². The van der Waals surface area contributed by atoms with Crippen LogP contribution in [-0.4, -0.2) is 12.1 Å². The van der Waals surface area contributed by atoms with Crippen LogP contribution in [-0.2, 0) is 4.84 Å². The number of benzene rings is 1. The zero-order valence-electron chi connectivity index (χ0n) is 8.40. The first-order valence-corrected chi connectivity index (χ1v) is 4.47. The molecule has 0 fully saturated rings. The summed E-state index contributed by atoms with van der Waals surface area (Å²) in [6, 6.07) is 9.31. The quantitative estimate of drug-likeness (QED) is 0.436. The van der Waals surface area contributed by atoms with E-state index in [0.29, 0.717) is 0 Å². The van der Waals surface area contributed by atoms with Gasteiger partial charge in [-0.15, -0.1) is 0 Å². The normalized spacial score (nSPS) is 10.2. The minimum absolute atomic E-state index is 0.0147. The summed E-state index contributed by atoms with van der Waals surface area (Å²) in [4.78, 5) is 5.38. The second kappa shape index (κ2) is 4.62. The first-order chi connectivity index (χ1) is 6.61. The van der Waals surface area contributed by atoms with Gasteiger partial charge in [0, 0.05) is 0 Å². The summed E-state index contributed by atoms with van der Waals surface area (Å²) in [6.07, 6.45) is -0.0147. The van der Waals surface area contributed by atoms with Gasteiger partial charge in [0.15, 0.2) is 0 Å². The third-order valence-corrected chi connectivity index (χ3v) is 1.53. The highest BCUT2D eigenvalue weighted by Gasteiger charge is 2.11. The van der Waals surface area contributed by atoms with Gasteiger partial charge in [0.2, 0.25) is 5.96 Å². The van der Waals surface area contributed by atoms with Gasteiger partial charge >= 0.3 is 0 Å². The Morgan fingerprint density at radius 3 is 2.36 bits per heavy atom. The summed E-state index contributed by atoms with van der Waals surface area (Å²) in [5, 5.41) is 8.67. The maximum absolute atomic E-state index is 7.36. The third-order valence-electron chi connectivity index (χ3n) is 1.53. The van der Waals surface area contributed by atoms with Crippen LogP contribution in [0.3, 0.4) is 0 Å². The first kappa shape index (κ1) is 10.5. The number of hydrogen-bond donors (Lipinski definition) is 2. The lowest BCUT2D eigenvalue weighted by Crippen LogP contribution is -2.38. The molecule has 76 valence electrons. The fraction of sp³-hybridized carbons (Fsp3) is 0.300. The van der Waals surface area contributed by atoms with Crippen LogP contribution in [0.5, 0.6) is 0 Å². The molecule has 4 nitrogen and oxygen atoms in total. The summed E-state index contributed by atoms with van der Waals surface area (Å²) in [5.74, 6) is -0.120. The predicted molar refractivity (Wildman–Crippen MR) is 57.1 cm³/mol. The molecule has 0 amide bonds. The maximum atomic E-state index is 7.36. The molecule has 1 rings (SSSR count). The van der Waals surface area contributed by atoms with E-state index in [1.54, 1.807) is 0 Å². The largest absolute Gasteiger partial charge is 0.368 e. The monoisotopic (exact) mass is 193 g/mol. The Bertz CT molecular complexity index is 297. The molecule has 1 aromatic carbocycles. The molecule has 0 aliphatic carbocycles. The van der Waals surface area contributed by atoms with Crippen molar-refractivity contribution in [2.75, 3.05) is 5.06 Å². The van der Waals surface area contributed by atoms with Crippen LogP contribution >= 0.6 is 0 Å². The fourth-order valence-electron chi connectivity index (χ4n) is 1.03. The molecule has 14 heavy (non-hydrogen) atoms. The lowest BCUT2D eigenvalue weighted by molar-refractivity contribution is 0.0847. The average molecular weight is 193 g/mol. The Labute approximate surface area is 83.7 Å². The van der Waals surface area contributed by atoms with E-state index in [2.05, 4.69) is 0 Å². The van der Waals surface area contributed by atoms with Crippen LogP contribution < -0.4 is 10.8 Å².